The van der Waals surface area contributed by atoms with E-state index in [1.807, 2.05) is 59.2 Å². The molecule has 0 saturated carbocycles. The zero-order valence-corrected chi connectivity index (χ0v) is 18.5. The number of carbonyl (C=O) groups excluding carboxylic acids is 1. The van der Waals surface area contributed by atoms with Crippen molar-refractivity contribution in [3.63, 3.8) is 0 Å². The van der Waals surface area contributed by atoms with Crippen molar-refractivity contribution in [1.29, 1.82) is 0 Å². The molecule has 166 valence electrons. The van der Waals surface area contributed by atoms with Crippen LogP contribution in [0, 0.1) is 5.82 Å². The molecule has 1 heterocycles. The van der Waals surface area contributed by atoms with Crippen LogP contribution in [0.1, 0.15) is 5.56 Å². The number of ether oxygens (including phenoxy) is 1. The molecule has 0 saturated heterocycles. The van der Waals surface area contributed by atoms with E-state index in [1.54, 1.807) is 25.3 Å². The highest BCUT2D eigenvalue weighted by molar-refractivity contribution is 7.99. The van der Waals surface area contributed by atoms with Crippen LogP contribution in [0.15, 0.2) is 89.1 Å². The molecule has 33 heavy (non-hydrogen) atoms. The van der Waals surface area contributed by atoms with Gasteiger partial charge < -0.3 is 4.74 Å². The molecule has 4 aromatic rings. The minimum absolute atomic E-state index is 0.0577. The lowest BCUT2D eigenvalue weighted by Gasteiger charge is -2.10. The van der Waals surface area contributed by atoms with Gasteiger partial charge in [0.2, 0.25) is 0 Å². The number of amides is 1. The molecule has 0 radical (unpaired) electrons. The highest BCUT2D eigenvalue weighted by Gasteiger charge is 2.17. The number of aromatic nitrogens is 3. The second-order valence-electron chi connectivity index (χ2n) is 6.81. The highest BCUT2D eigenvalue weighted by Crippen LogP contribution is 2.28. The molecular weight excluding hydrogens is 441 g/mol. The number of nitrogens with zero attached hydrogens (tertiary/aromatic N) is 4. The zero-order chi connectivity index (χ0) is 23.0. The lowest BCUT2D eigenvalue weighted by Crippen LogP contribution is -2.20. The number of hydrogen-bond acceptors (Lipinski definition) is 6. The first-order chi connectivity index (χ1) is 16.2. The van der Waals surface area contributed by atoms with E-state index in [0.717, 1.165) is 17.0 Å². The van der Waals surface area contributed by atoms with Crippen LogP contribution in [-0.4, -0.2) is 39.7 Å². The molecule has 0 aliphatic rings. The van der Waals surface area contributed by atoms with Gasteiger partial charge in [-0.2, -0.15) is 5.10 Å². The monoisotopic (exact) mass is 461 g/mol. The Labute approximate surface area is 194 Å². The van der Waals surface area contributed by atoms with Gasteiger partial charge in [-0.05, 0) is 42.5 Å². The minimum Gasteiger partial charge on any atom is -0.497 e. The van der Waals surface area contributed by atoms with Gasteiger partial charge >= 0.3 is 0 Å². The normalized spacial score (nSPS) is 11.0. The van der Waals surface area contributed by atoms with Gasteiger partial charge in [0, 0.05) is 16.8 Å². The van der Waals surface area contributed by atoms with Crippen LogP contribution in [-0.2, 0) is 4.79 Å². The fourth-order valence-electron chi connectivity index (χ4n) is 3.02. The van der Waals surface area contributed by atoms with Gasteiger partial charge in [0.25, 0.3) is 5.91 Å². The molecule has 1 N–H and O–H groups in total. The highest BCUT2D eigenvalue weighted by atomic mass is 32.2. The fourth-order valence-corrected chi connectivity index (χ4v) is 3.76. The van der Waals surface area contributed by atoms with Crippen molar-refractivity contribution in [2.24, 2.45) is 5.10 Å². The topological polar surface area (TPSA) is 81.4 Å². The maximum absolute atomic E-state index is 13.6. The second kappa shape index (κ2) is 10.6. The van der Waals surface area contributed by atoms with Crippen molar-refractivity contribution < 1.29 is 13.9 Å². The van der Waals surface area contributed by atoms with E-state index in [4.69, 9.17) is 4.74 Å². The molecule has 0 fully saturated rings. The van der Waals surface area contributed by atoms with Gasteiger partial charge in [-0.3, -0.25) is 9.36 Å². The van der Waals surface area contributed by atoms with Crippen molar-refractivity contribution in [2.75, 3.05) is 12.9 Å². The number of nitrogens with one attached hydrogen (secondary N) is 1. The lowest BCUT2D eigenvalue weighted by molar-refractivity contribution is -0.118. The molecular formula is C24H20FN5O2S. The van der Waals surface area contributed by atoms with Crippen LogP contribution >= 0.6 is 11.8 Å². The van der Waals surface area contributed by atoms with Gasteiger partial charge in [-0.1, -0.05) is 48.2 Å². The van der Waals surface area contributed by atoms with Gasteiger partial charge in [-0.25, -0.2) is 9.82 Å². The molecule has 0 aliphatic carbocycles. The number of halogens is 1. The Morgan fingerprint density at radius 2 is 1.79 bits per heavy atom. The third-order valence-electron chi connectivity index (χ3n) is 4.63. The number of para-hydroxylation sites is 1. The van der Waals surface area contributed by atoms with E-state index < -0.39 is 5.82 Å². The molecule has 0 unspecified atom stereocenters. The number of methoxy groups -OCH3 is 1. The summed E-state index contributed by atoms with van der Waals surface area (Å²) >= 11 is 1.23. The maximum Gasteiger partial charge on any atom is 0.250 e. The van der Waals surface area contributed by atoms with E-state index >= 15 is 0 Å². The average Bonchev–Trinajstić information content (AvgIpc) is 3.28. The summed E-state index contributed by atoms with van der Waals surface area (Å²) in [6.07, 6.45) is 1.27. The second-order valence-corrected chi connectivity index (χ2v) is 7.75. The molecule has 7 nitrogen and oxygen atoms in total. The largest absolute Gasteiger partial charge is 0.497 e. The predicted octanol–water partition coefficient (Wildman–Crippen LogP) is 4.32. The molecule has 0 aliphatic heterocycles. The van der Waals surface area contributed by atoms with Crippen LogP contribution in [0.25, 0.3) is 17.1 Å². The number of thioether (sulfide) groups is 1. The average molecular weight is 462 g/mol. The summed E-state index contributed by atoms with van der Waals surface area (Å²) in [7, 11) is 1.61. The molecule has 1 amide bonds. The Hall–Kier alpha value is -3.98. The fraction of sp³-hybridized carbons (Fsp3) is 0.0833. The van der Waals surface area contributed by atoms with Gasteiger partial charge in [-0.15, -0.1) is 10.2 Å². The number of carbonyl (C=O) groups is 1. The smallest absolute Gasteiger partial charge is 0.250 e. The Morgan fingerprint density at radius 1 is 1.06 bits per heavy atom. The first kappa shape index (κ1) is 22.2. The SMILES string of the molecule is COc1ccc(-c2nnc(SCC(=O)N/N=C/c3ccccc3F)n2-c2ccccc2)cc1. The Bertz CT molecular complexity index is 1260. The number of hydrazone groups is 1. The summed E-state index contributed by atoms with van der Waals surface area (Å²) in [5.41, 5.74) is 4.43. The van der Waals surface area contributed by atoms with Crippen LogP contribution in [0.5, 0.6) is 5.75 Å². The first-order valence-electron chi connectivity index (χ1n) is 10.00. The van der Waals surface area contributed by atoms with E-state index in [9.17, 15) is 9.18 Å². The van der Waals surface area contributed by atoms with Crippen LogP contribution in [0.2, 0.25) is 0 Å². The molecule has 9 heteroatoms. The van der Waals surface area contributed by atoms with Gasteiger partial charge in [0.15, 0.2) is 11.0 Å². The van der Waals surface area contributed by atoms with Gasteiger partial charge in [0.1, 0.15) is 11.6 Å². The molecule has 3 aromatic carbocycles. The summed E-state index contributed by atoms with van der Waals surface area (Å²) in [6.45, 7) is 0. The van der Waals surface area contributed by atoms with Crippen LogP contribution in [0.4, 0.5) is 4.39 Å². The molecule has 1 aromatic heterocycles. The Kier molecular flexibility index (Phi) is 7.11. The Morgan fingerprint density at radius 3 is 2.52 bits per heavy atom. The lowest BCUT2D eigenvalue weighted by atomic mass is 10.2. The van der Waals surface area contributed by atoms with Crippen LogP contribution < -0.4 is 10.2 Å². The van der Waals surface area contributed by atoms with E-state index in [0.29, 0.717) is 16.5 Å². The molecule has 0 bridgehead atoms. The van der Waals surface area contributed by atoms with Crippen LogP contribution in [0.3, 0.4) is 0 Å². The number of benzene rings is 3. The maximum atomic E-state index is 13.6. The summed E-state index contributed by atoms with van der Waals surface area (Å²) in [5.74, 6) is 0.687. The first-order valence-corrected chi connectivity index (χ1v) is 11.0. The third kappa shape index (κ3) is 5.45. The molecule has 4 rings (SSSR count). The van der Waals surface area contributed by atoms with Crippen molar-refractivity contribution in [2.45, 2.75) is 5.16 Å². The minimum atomic E-state index is -0.410. The quantitative estimate of drug-likeness (QED) is 0.240. The van der Waals surface area contributed by atoms with E-state index in [1.165, 1.54) is 24.0 Å². The van der Waals surface area contributed by atoms with Crippen molar-refractivity contribution >= 4 is 23.9 Å². The molecule has 0 spiro atoms. The third-order valence-corrected chi connectivity index (χ3v) is 5.56. The Balaban J connectivity index is 1.51. The number of rotatable bonds is 8. The van der Waals surface area contributed by atoms with E-state index in [-0.39, 0.29) is 11.7 Å². The summed E-state index contributed by atoms with van der Waals surface area (Å²) in [5, 5.41) is 13.0. The predicted molar refractivity (Wildman–Crippen MR) is 126 cm³/mol. The van der Waals surface area contributed by atoms with Crippen molar-refractivity contribution in [1.82, 2.24) is 20.2 Å². The standard InChI is InChI=1S/C24H20FN5O2S/c1-32-20-13-11-17(12-14-20)23-28-29-24(30(23)19-8-3-2-4-9-19)33-16-22(31)27-26-15-18-7-5-6-10-21(18)25/h2-15H,16H2,1H3,(H,27,31)/b26-15+. The van der Waals surface area contributed by atoms with Crippen molar-refractivity contribution in [3.05, 3.63) is 90.2 Å². The summed E-state index contributed by atoms with van der Waals surface area (Å²) in [4.78, 5) is 12.3. The van der Waals surface area contributed by atoms with E-state index in [2.05, 4.69) is 20.7 Å². The number of hydrogen-bond donors (Lipinski definition) is 1. The zero-order valence-electron chi connectivity index (χ0n) is 17.7. The van der Waals surface area contributed by atoms with Crippen molar-refractivity contribution in [3.8, 4) is 22.8 Å². The molecule has 0 atom stereocenters. The summed E-state index contributed by atoms with van der Waals surface area (Å²) < 4.78 is 20.8. The van der Waals surface area contributed by atoms with Gasteiger partial charge in [0.05, 0.1) is 19.1 Å². The summed E-state index contributed by atoms with van der Waals surface area (Å²) in [6, 6.07) is 23.4.